The molecule has 31 heavy (non-hydrogen) atoms. The van der Waals surface area contributed by atoms with Gasteiger partial charge in [0, 0.05) is 25.2 Å². The van der Waals surface area contributed by atoms with E-state index < -0.39 is 18.6 Å². The number of fused-ring (bicyclic) bond motifs is 1. The summed E-state index contributed by atoms with van der Waals surface area (Å²) in [6.45, 7) is 1.12. The van der Waals surface area contributed by atoms with Crippen LogP contribution >= 0.6 is 0 Å². The van der Waals surface area contributed by atoms with Crippen molar-refractivity contribution in [3.8, 4) is 11.1 Å². The van der Waals surface area contributed by atoms with Crippen molar-refractivity contribution in [3.05, 3.63) is 59.2 Å². The van der Waals surface area contributed by atoms with E-state index in [-0.39, 0.29) is 25.0 Å². The molecule has 0 N–H and O–H groups in total. The van der Waals surface area contributed by atoms with Crippen LogP contribution in [0.4, 0.5) is 18.0 Å². The summed E-state index contributed by atoms with van der Waals surface area (Å²) in [5, 5.41) is 0. The van der Waals surface area contributed by atoms with E-state index in [2.05, 4.69) is 0 Å². The maximum absolute atomic E-state index is 12.7. The second-order valence-electron chi connectivity index (χ2n) is 7.62. The van der Waals surface area contributed by atoms with E-state index in [9.17, 15) is 27.6 Å². The highest BCUT2D eigenvalue weighted by Gasteiger charge is 2.37. The molecule has 6 nitrogen and oxygen atoms in total. The molecule has 2 aliphatic heterocycles. The van der Waals surface area contributed by atoms with Crippen LogP contribution in [0.25, 0.3) is 11.1 Å². The molecule has 9 heteroatoms. The van der Waals surface area contributed by atoms with E-state index >= 15 is 0 Å². The minimum absolute atomic E-state index is 0.0572. The highest BCUT2D eigenvalue weighted by Crippen LogP contribution is 2.31. The van der Waals surface area contributed by atoms with Crippen molar-refractivity contribution in [2.24, 2.45) is 0 Å². The van der Waals surface area contributed by atoms with E-state index in [0.717, 1.165) is 21.6 Å². The van der Waals surface area contributed by atoms with E-state index in [1.807, 2.05) is 24.3 Å². The van der Waals surface area contributed by atoms with Crippen molar-refractivity contribution in [3.63, 3.8) is 0 Å². The Balaban J connectivity index is 1.47. The Morgan fingerprint density at radius 2 is 1.58 bits per heavy atom. The maximum Gasteiger partial charge on any atom is 0.406 e. The van der Waals surface area contributed by atoms with Crippen LogP contribution in [0.3, 0.4) is 0 Å². The molecule has 4 amide bonds. The SMILES string of the molecule is CCN1C(=O)CN(Cc2ccc(-c3ccc4c(c3)CN(CC(F)(F)F)C4=O)cc2)C1=O. The Morgan fingerprint density at radius 1 is 0.903 bits per heavy atom. The maximum atomic E-state index is 12.7. The number of halogens is 3. The first-order valence-corrected chi connectivity index (χ1v) is 9.84. The lowest BCUT2D eigenvalue weighted by atomic mass is 9.99. The molecule has 0 saturated carbocycles. The van der Waals surface area contributed by atoms with E-state index in [0.29, 0.717) is 24.2 Å². The van der Waals surface area contributed by atoms with Crippen LogP contribution in [0.15, 0.2) is 42.5 Å². The van der Waals surface area contributed by atoms with Gasteiger partial charge in [-0.05, 0) is 41.3 Å². The Labute approximate surface area is 176 Å². The summed E-state index contributed by atoms with van der Waals surface area (Å²) < 4.78 is 38.0. The predicted molar refractivity (Wildman–Crippen MR) is 106 cm³/mol. The summed E-state index contributed by atoms with van der Waals surface area (Å²) in [6, 6.07) is 12.1. The zero-order chi connectivity index (χ0) is 22.3. The summed E-state index contributed by atoms with van der Waals surface area (Å²) in [5.41, 5.74) is 3.35. The van der Waals surface area contributed by atoms with Gasteiger partial charge in [0.05, 0.1) is 0 Å². The van der Waals surface area contributed by atoms with Crippen LogP contribution in [0, 0.1) is 0 Å². The minimum Gasteiger partial charge on any atom is -0.325 e. The lowest BCUT2D eigenvalue weighted by molar-refractivity contribution is -0.141. The summed E-state index contributed by atoms with van der Waals surface area (Å²) >= 11 is 0. The molecule has 0 aromatic heterocycles. The summed E-state index contributed by atoms with van der Waals surface area (Å²) in [4.78, 5) is 39.7. The number of amides is 4. The Morgan fingerprint density at radius 3 is 2.19 bits per heavy atom. The number of rotatable bonds is 5. The number of benzene rings is 2. The lowest BCUT2D eigenvalue weighted by Crippen LogP contribution is -2.34. The van der Waals surface area contributed by atoms with E-state index in [4.69, 9.17) is 0 Å². The fraction of sp³-hybridized carbons (Fsp3) is 0.318. The third kappa shape index (κ3) is 4.12. The molecule has 0 bridgehead atoms. The molecule has 0 aliphatic carbocycles. The lowest BCUT2D eigenvalue weighted by Gasteiger charge is -2.17. The zero-order valence-electron chi connectivity index (χ0n) is 16.8. The number of carbonyl (C=O) groups excluding carboxylic acids is 3. The molecule has 0 atom stereocenters. The number of nitrogens with zero attached hydrogens (tertiary/aromatic N) is 3. The molecule has 2 aliphatic rings. The molecule has 1 fully saturated rings. The topological polar surface area (TPSA) is 60.9 Å². The first-order chi connectivity index (χ1) is 14.7. The quantitative estimate of drug-likeness (QED) is 0.679. The molecule has 2 aromatic rings. The van der Waals surface area contributed by atoms with Crippen LogP contribution < -0.4 is 0 Å². The van der Waals surface area contributed by atoms with Gasteiger partial charge >= 0.3 is 12.2 Å². The summed E-state index contributed by atoms with van der Waals surface area (Å²) in [6.07, 6.45) is -4.44. The van der Waals surface area contributed by atoms with Crippen molar-refractivity contribution in [2.75, 3.05) is 19.6 Å². The van der Waals surface area contributed by atoms with Crippen molar-refractivity contribution >= 4 is 17.8 Å². The van der Waals surface area contributed by atoms with Crippen molar-refractivity contribution < 1.29 is 27.6 Å². The number of alkyl halides is 3. The highest BCUT2D eigenvalue weighted by atomic mass is 19.4. The van der Waals surface area contributed by atoms with Gasteiger partial charge < -0.3 is 9.80 Å². The van der Waals surface area contributed by atoms with Crippen LogP contribution in [-0.4, -0.2) is 58.4 Å². The summed E-state index contributed by atoms with van der Waals surface area (Å²) in [5.74, 6) is -0.823. The van der Waals surface area contributed by atoms with Crippen LogP contribution in [0.5, 0.6) is 0 Å². The molecular weight excluding hydrogens is 411 g/mol. The van der Waals surface area contributed by atoms with Gasteiger partial charge in [0.15, 0.2) is 0 Å². The van der Waals surface area contributed by atoms with E-state index in [1.54, 1.807) is 25.1 Å². The van der Waals surface area contributed by atoms with Gasteiger partial charge in [-0.3, -0.25) is 14.5 Å². The van der Waals surface area contributed by atoms with Gasteiger partial charge in [-0.15, -0.1) is 0 Å². The van der Waals surface area contributed by atoms with Crippen LogP contribution in [-0.2, 0) is 17.9 Å². The van der Waals surface area contributed by atoms with Gasteiger partial charge in [0.25, 0.3) is 5.91 Å². The second-order valence-corrected chi connectivity index (χ2v) is 7.62. The molecule has 0 radical (unpaired) electrons. The highest BCUT2D eigenvalue weighted by molar-refractivity contribution is 6.02. The number of urea groups is 1. The summed E-state index contributed by atoms with van der Waals surface area (Å²) in [7, 11) is 0. The fourth-order valence-electron chi connectivity index (χ4n) is 3.96. The Bertz CT molecular complexity index is 1050. The number of imide groups is 1. The average molecular weight is 431 g/mol. The number of carbonyl (C=O) groups is 3. The number of hydrogen-bond acceptors (Lipinski definition) is 3. The molecule has 4 rings (SSSR count). The van der Waals surface area contributed by atoms with Gasteiger partial charge in [-0.25, -0.2) is 4.79 Å². The van der Waals surface area contributed by atoms with Crippen LogP contribution in [0.2, 0.25) is 0 Å². The Kier molecular flexibility index (Phi) is 5.20. The molecule has 162 valence electrons. The monoisotopic (exact) mass is 431 g/mol. The molecule has 2 heterocycles. The first-order valence-electron chi connectivity index (χ1n) is 9.84. The van der Waals surface area contributed by atoms with Gasteiger partial charge in [0.1, 0.15) is 13.1 Å². The largest absolute Gasteiger partial charge is 0.406 e. The zero-order valence-corrected chi connectivity index (χ0v) is 16.8. The first kappa shape index (κ1) is 20.9. The number of hydrogen-bond donors (Lipinski definition) is 0. The van der Waals surface area contributed by atoms with Crippen molar-refractivity contribution in [1.29, 1.82) is 0 Å². The predicted octanol–water partition coefficient (Wildman–Crippen LogP) is 3.66. The van der Waals surface area contributed by atoms with Gasteiger partial charge in [0.2, 0.25) is 5.91 Å². The number of likely N-dealkylation sites (N-methyl/N-ethyl adjacent to an activating group) is 1. The smallest absolute Gasteiger partial charge is 0.325 e. The van der Waals surface area contributed by atoms with E-state index in [1.165, 1.54) is 9.80 Å². The Hall–Kier alpha value is -3.36. The van der Waals surface area contributed by atoms with Gasteiger partial charge in [-0.1, -0.05) is 30.3 Å². The molecule has 2 aromatic carbocycles. The minimum atomic E-state index is -4.44. The normalized spacial score (nSPS) is 16.5. The molecule has 0 spiro atoms. The van der Waals surface area contributed by atoms with Crippen molar-refractivity contribution in [1.82, 2.24) is 14.7 Å². The molecule has 0 unspecified atom stereocenters. The molecular formula is C22H20F3N3O3. The third-order valence-electron chi connectivity index (χ3n) is 5.46. The van der Waals surface area contributed by atoms with Crippen LogP contribution in [0.1, 0.15) is 28.4 Å². The molecule has 1 saturated heterocycles. The average Bonchev–Trinajstić information content (AvgIpc) is 3.16. The van der Waals surface area contributed by atoms with Crippen molar-refractivity contribution in [2.45, 2.75) is 26.2 Å². The second kappa shape index (κ2) is 7.72. The third-order valence-corrected chi connectivity index (χ3v) is 5.46. The fourth-order valence-corrected chi connectivity index (χ4v) is 3.96. The standard InChI is InChI=1S/C22H20F3N3O3/c1-2-28-19(29)12-26(21(28)31)10-14-3-5-15(6-4-14)16-7-8-18-17(9-16)11-27(20(18)30)13-22(23,24)25/h3-9H,2,10-13H2,1H3. The van der Waals surface area contributed by atoms with Gasteiger partial charge in [-0.2, -0.15) is 13.2 Å².